The standard InChI is InChI=1S/C10H11F3N2O2/c1-9(14,10(11,12)13)8(16)7-6(17-2)4-3-5-15-7/h3-5H,14H2,1-2H3. The van der Waals surface area contributed by atoms with Crippen LogP contribution in [0.5, 0.6) is 5.75 Å². The number of halogens is 3. The van der Waals surface area contributed by atoms with E-state index in [1.54, 1.807) is 0 Å². The van der Waals surface area contributed by atoms with Gasteiger partial charge < -0.3 is 10.5 Å². The lowest BCUT2D eigenvalue weighted by molar-refractivity contribution is -0.166. The molecular formula is C10H11F3N2O2. The van der Waals surface area contributed by atoms with Crippen molar-refractivity contribution < 1.29 is 22.7 Å². The zero-order chi connectivity index (χ0) is 13.3. The second-order valence-electron chi connectivity index (χ2n) is 3.58. The molecule has 0 radical (unpaired) electrons. The van der Waals surface area contributed by atoms with E-state index in [9.17, 15) is 18.0 Å². The minimum Gasteiger partial charge on any atom is -0.494 e. The number of ether oxygens (including phenoxy) is 1. The fraction of sp³-hybridized carbons (Fsp3) is 0.400. The van der Waals surface area contributed by atoms with Gasteiger partial charge in [-0.25, -0.2) is 4.98 Å². The van der Waals surface area contributed by atoms with Crippen LogP contribution in [0, 0.1) is 0 Å². The molecule has 0 amide bonds. The Balaban J connectivity index is 3.22. The van der Waals surface area contributed by atoms with Crippen molar-refractivity contribution in [3.05, 3.63) is 24.0 Å². The van der Waals surface area contributed by atoms with Gasteiger partial charge in [0, 0.05) is 6.20 Å². The quantitative estimate of drug-likeness (QED) is 0.824. The van der Waals surface area contributed by atoms with E-state index in [2.05, 4.69) is 4.98 Å². The van der Waals surface area contributed by atoms with Gasteiger partial charge in [-0.1, -0.05) is 0 Å². The number of rotatable bonds is 3. The summed E-state index contributed by atoms with van der Waals surface area (Å²) >= 11 is 0. The third-order valence-electron chi connectivity index (χ3n) is 2.27. The summed E-state index contributed by atoms with van der Waals surface area (Å²) in [6.45, 7) is 0.601. The molecule has 1 atom stereocenters. The summed E-state index contributed by atoms with van der Waals surface area (Å²) in [5.41, 5.74) is 1.60. The molecule has 2 N–H and O–H groups in total. The highest BCUT2D eigenvalue weighted by molar-refractivity contribution is 6.03. The molecule has 0 aromatic carbocycles. The number of hydrogen-bond donors (Lipinski definition) is 1. The second kappa shape index (κ2) is 4.33. The van der Waals surface area contributed by atoms with Crippen molar-refractivity contribution >= 4 is 5.78 Å². The predicted octanol–water partition coefficient (Wildman–Crippen LogP) is 1.55. The highest BCUT2D eigenvalue weighted by atomic mass is 19.4. The molecule has 0 saturated heterocycles. The first kappa shape index (κ1) is 13.4. The average molecular weight is 248 g/mol. The Morgan fingerprint density at radius 3 is 2.53 bits per heavy atom. The normalized spacial score (nSPS) is 15.2. The minimum atomic E-state index is -4.85. The third kappa shape index (κ3) is 2.38. The highest BCUT2D eigenvalue weighted by Crippen LogP contribution is 2.32. The van der Waals surface area contributed by atoms with Crippen LogP contribution in [0.15, 0.2) is 18.3 Å². The van der Waals surface area contributed by atoms with Crippen LogP contribution in [0.3, 0.4) is 0 Å². The molecule has 0 aliphatic carbocycles. The maximum absolute atomic E-state index is 12.6. The molecule has 94 valence electrons. The van der Waals surface area contributed by atoms with E-state index in [1.807, 2.05) is 0 Å². The fourth-order valence-electron chi connectivity index (χ4n) is 1.10. The van der Waals surface area contributed by atoms with Gasteiger partial charge in [-0.15, -0.1) is 0 Å². The van der Waals surface area contributed by atoms with Crippen molar-refractivity contribution in [2.24, 2.45) is 5.73 Å². The Bertz CT molecular complexity index is 430. The number of nitrogens with two attached hydrogens (primary N) is 1. The van der Waals surface area contributed by atoms with Crippen molar-refractivity contribution in [2.45, 2.75) is 18.6 Å². The van der Waals surface area contributed by atoms with Crippen molar-refractivity contribution in [2.75, 3.05) is 7.11 Å². The molecule has 0 fully saturated rings. The van der Waals surface area contributed by atoms with E-state index in [1.165, 1.54) is 25.4 Å². The lowest BCUT2D eigenvalue weighted by atomic mass is 9.94. The number of carbonyl (C=O) groups excluding carboxylic acids is 1. The van der Waals surface area contributed by atoms with E-state index in [0.717, 1.165) is 0 Å². The summed E-state index contributed by atoms with van der Waals surface area (Å²) in [5, 5.41) is 0. The maximum atomic E-state index is 12.6. The van der Waals surface area contributed by atoms with Crippen molar-refractivity contribution in [3.63, 3.8) is 0 Å². The van der Waals surface area contributed by atoms with E-state index in [-0.39, 0.29) is 5.75 Å². The van der Waals surface area contributed by atoms with Crippen LogP contribution in [0.25, 0.3) is 0 Å². The van der Waals surface area contributed by atoms with Crippen LogP contribution < -0.4 is 10.5 Å². The number of Topliss-reactive ketones (excluding diaryl/α,β-unsaturated/α-hetero) is 1. The highest BCUT2D eigenvalue weighted by Gasteiger charge is 2.54. The van der Waals surface area contributed by atoms with Gasteiger partial charge in [0.05, 0.1) is 7.11 Å². The predicted molar refractivity (Wildman–Crippen MR) is 53.8 cm³/mol. The molecule has 1 rings (SSSR count). The van der Waals surface area contributed by atoms with Crippen LogP contribution in [0.2, 0.25) is 0 Å². The van der Waals surface area contributed by atoms with Gasteiger partial charge in [0.15, 0.2) is 11.2 Å². The Morgan fingerprint density at radius 1 is 1.47 bits per heavy atom. The molecule has 4 nitrogen and oxygen atoms in total. The number of hydrogen-bond acceptors (Lipinski definition) is 4. The van der Waals surface area contributed by atoms with E-state index < -0.39 is 23.2 Å². The molecule has 1 aromatic heterocycles. The van der Waals surface area contributed by atoms with Crippen LogP contribution in [0.4, 0.5) is 13.2 Å². The van der Waals surface area contributed by atoms with Gasteiger partial charge in [0.1, 0.15) is 5.75 Å². The molecule has 1 unspecified atom stereocenters. The van der Waals surface area contributed by atoms with Crippen LogP contribution in [0.1, 0.15) is 17.4 Å². The SMILES string of the molecule is COc1cccnc1C(=O)C(C)(N)C(F)(F)F. The Kier molecular flexibility index (Phi) is 3.42. The fourth-order valence-corrected chi connectivity index (χ4v) is 1.10. The molecule has 7 heteroatoms. The number of alkyl halides is 3. The monoisotopic (exact) mass is 248 g/mol. The lowest BCUT2D eigenvalue weighted by Crippen LogP contribution is -2.57. The zero-order valence-corrected chi connectivity index (χ0v) is 9.21. The molecule has 1 aromatic rings. The van der Waals surface area contributed by atoms with Gasteiger partial charge >= 0.3 is 6.18 Å². The first-order valence-corrected chi connectivity index (χ1v) is 4.61. The molecule has 17 heavy (non-hydrogen) atoms. The van der Waals surface area contributed by atoms with Crippen molar-refractivity contribution in [3.8, 4) is 5.75 Å². The molecule has 0 bridgehead atoms. The number of ketones is 1. The Morgan fingerprint density at radius 2 is 2.06 bits per heavy atom. The number of nitrogens with zero attached hydrogens (tertiary/aromatic N) is 1. The molecule has 0 aliphatic rings. The third-order valence-corrected chi connectivity index (χ3v) is 2.27. The second-order valence-corrected chi connectivity index (χ2v) is 3.58. The van der Waals surface area contributed by atoms with E-state index in [4.69, 9.17) is 10.5 Å². The number of aromatic nitrogens is 1. The largest absolute Gasteiger partial charge is 0.494 e. The Hall–Kier alpha value is -1.63. The van der Waals surface area contributed by atoms with Gasteiger partial charge in [0.2, 0.25) is 5.78 Å². The summed E-state index contributed by atoms with van der Waals surface area (Å²) in [4.78, 5) is 15.3. The number of carbonyl (C=O) groups is 1. The lowest BCUT2D eigenvalue weighted by Gasteiger charge is -2.25. The van der Waals surface area contributed by atoms with Gasteiger partial charge in [-0.05, 0) is 19.1 Å². The van der Waals surface area contributed by atoms with Crippen LogP contribution in [-0.4, -0.2) is 29.6 Å². The van der Waals surface area contributed by atoms with Gasteiger partial charge in [0.25, 0.3) is 0 Å². The van der Waals surface area contributed by atoms with Gasteiger partial charge in [-0.2, -0.15) is 13.2 Å². The molecule has 1 heterocycles. The minimum absolute atomic E-state index is 0.0431. The van der Waals surface area contributed by atoms with Gasteiger partial charge in [-0.3, -0.25) is 4.79 Å². The summed E-state index contributed by atoms with van der Waals surface area (Å²) in [5.74, 6) is -1.37. The summed E-state index contributed by atoms with van der Waals surface area (Å²) in [6.07, 6.45) is -3.66. The van der Waals surface area contributed by atoms with E-state index >= 15 is 0 Å². The molecule has 0 saturated carbocycles. The van der Waals surface area contributed by atoms with Crippen LogP contribution in [-0.2, 0) is 0 Å². The smallest absolute Gasteiger partial charge is 0.413 e. The summed E-state index contributed by atoms with van der Waals surface area (Å²) < 4.78 is 42.5. The summed E-state index contributed by atoms with van der Waals surface area (Å²) in [6, 6.07) is 2.78. The summed E-state index contributed by atoms with van der Waals surface area (Å²) in [7, 11) is 1.23. The molecular weight excluding hydrogens is 237 g/mol. The topological polar surface area (TPSA) is 65.2 Å². The van der Waals surface area contributed by atoms with Crippen LogP contribution >= 0.6 is 0 Å². The zero-order valence-electron chi connectivity index (χ0n) is 9.21. The average Bonchev–Trinajstić information content (AvgIpc) is 2.26. The Labute approximate surface area is 95.6 Å². The molecule has 0 aliphatic heterocycles. The van der Waals surface area contributed by atoms with Crippen molar-refractivity contribution in [1.29, 1.82) is 0 Å². The van der Waals surface area contributed by atoms with Crippen molar-refractivity contribution in [1.82, 2.24) is 4.98 Å². The van der Waals surface area contributed by atoms with E-state index in [0.29, 0.717) is 6.92 Å². The number of methoxy groups -OCH3 is 1. The molecule has 0 spiro atoms. The number of pyridine rings is 1. The first-order valence-electron chi connectivity index (χ1n) is 4.61. The maximum Gasteiger partial charge on any atom is 0.413 e. The first-order chi connectivity index (χ1) is 7.71.